The molecule has 1 fully saturated rings. The largest absolute Gasteiger partial charge is 0.448 e. The monoisotopic (exact) mass is 363 g/mol. The molecule has 1 saturated heterocycles. The number of aromatic amines is 1. The predicted molar refractivity (Wildman–Crippen MR) is 103 cm³/mol. The van der Waals surface area contributed by atoms with Crippen LogP contribution in [0.1, 0.15) is 17.5 Å². The number of carbonyl (C=O) groups excluding carboxylic acids is 2. The Balaban J connectivity index is 1.35. The van der Waals surface area contributed by atoms with Gasteiger partial charge in [-0.1, -0.05) is 30.3 Å². The molecule has 2 amide bonds. The Morgan fingerprint density at radius 3 is 2.93 bits per heavy atom. The van der Waals surface area contributed by atoms with Crippen molar-refractivity contribution < 1.29 is 14.3 Å². The van der Waals surface area contributed by atoms with Crippen LogP contribution in [0.15, 0.2) is 54.7 Å². The molecule has 4 rings (SSSR count). The number of amides is 2. The number of aryl methyl sites for hydroxylation is 1. The number of anilines is 1. The highest BCUT2D eigenvalue weighted by Gasteiger charge is 2.21. The van der Waals surface area contributed by atoms with Crippen molar-refractivity contribution in [2.45, 2.75) is 19.4 Å². The van der Waals surface area contributed by atoms with Crippen LogP contribution in [0, 0.1) is 0 Å². The van der Waals surface area contributed by atoms with Gasteiger partial charge in [-0.25, -0.2) is 4.79 Å². The van der Waals surface area contributed by atoms with Crippen molar-refractivity contribution in [1.82, 2.24) is 9.88 Å². The fourth-order valence-corrected chi connectivity index (χ4v) is 3.35. The minimum atomic E-state index is -0.289. The number of H-pyrrole nitrogens is 1. The number of para-hydroxylation sites is 1. The molecule has 0 atom stereocenters. The first-order valence-electron chi connectivity index (χ1n) is 9.04. The fourth-order valence-electron chi connectivity index (χ4n) is 3.35. The number of ether oxygens (including phenoxy) is 1. The number of cyclic esters (lactones) is 1. The van der Waals surface area contributed by atoms with E-state index in [0.29, 0.717) is 32.5 Å². The summed E-state index contributed by atoms with van der Waals surface area (Å²) in [4.78, 5) is 28.8. The summed E-state index contributed by atoms with van der Waals surface area (Å²) in [6.07, 6.45) is 2.76. The average molecular weight is 363 g/mol. The van der Waals surface area contributed by atoms with Crippen molar-refractivity contribution in [3.63, 3.8) is 0 Å². The number of nitrogens with zero attached hydrogens (tertiary/aromatic N) is 1. The van der Waals surface area contributed by atoms with E-state index >= 15 is 0 Å². The lowest BCUT2D eigenvalue weighted by atomic mass is 10.1. The van der Waals surface area contributed by atoms with Gasteiger partial charge < -0.3 is 19.9 Å². The van der Waals surface area contributed by atoms with E-state index in [1.165, 1.54) is 0 Å². The van der Waals surface area contributed by atoms with Crippen LogP contribution in [0.4, 0.5) is 10.5 Å². The Labute approximate surface area is 157 Å². The highest BCUT2D eigenvalue weighted by molar-refractivity contribution is 5.91. The zero-order valence-corrected chi connectivity index (χ0v) is 14.9. The minimum Gasteiger partial charge on any atom is -0.448 e. The van der Waals surface area contributed by atoms with Gasteiger partial charge in [0.15, 0.2) is 0 Å². The van der Waals surface area contributed by atoms with Gasteiger partial charge in [-0.05, 0) is 35.7 Å². The van der Waals surface area contributed by atoms with E-state index in [2.05, 4.69) is 16.4 Å². The second kappa shape index (κ2) is 7.53. The summed E-state index contributed by atoms with van der Waals surface area (Å²) in [5.41, 5.74) is 3.93. The van der Waals surface area contributed by atoms with E-state index in [1.807, 2.05) is 48.7 Å². The zero-order valence-electron chi connectivity index (χ0n) is 14.9. The number of hydrogen-bond donors (Lipinski definition) is 2. The van der Waals surface area contributed by atoms with Gasteiger partial charge in [-0.2, -0.15) is 0 Å². The smallest absolute Gasteiger partial charge is 0.410 e. The third-order valence-corrected chi connectivity index (χ3v) is 4.73. The molecular weight excluding hydrogens is 342 g/mol. The summed E-state index contributed by atoms with van der Waals surface area (Å²) in [5.74, 6) is -0.0296. The molecule has 3 aromatic rings. The molecule has 0 spiro atoms. The molecule has 0 bridgehead atoms. The summed E-state index contributed by atoms with van der Waals surface area (Å²) >= 11 is 0. The van der Waals surface area contributed by atoms with Gasteiger partial charge in [0.1, 0.15) is 6.61 Å². The fraction of sp³-hybridized carbons (Fsp3) is 0.238. The van der Waals surface area contributed by atoms with Gasteiger partial charge in [-0.15, -0.1) is 0 Å². The molecule has 1 aliphatic heterocycles. The lowest BCUT2D eigenvalue weighted by Crippen LogP contribution is -2.23. The van der Waals surface area contributed by atoms with Crippen LogP contribution in [-0.4, -0.2) is 35.0 Å². The average Bonchev–Trinajstić information content (AvgIpc) is 3.27. The molecule has 0 unspecified atom stereocenters. The molecule has 2 N–H and O–H groups in total. The second-order valence-corrected chi connectivity index (χ2v) is 6.64. The molecule has 2 heterocycles. The van der Waals surface area contributed by atoms with Crippen LogP contribution in [0.2, 0.25) is 0 Å². The van der Waals surface area contributed by atoms with Crippen LogP contribution >= 0.6 is 0 Å². The first kappa shape index (κ1) is 17.1. The highest BCUT2D eigenvalue weighted by Crippen LogP contribution is 2.20. The van der Waals surface area contributed by atoms with E-state index in [1.54, 1.807) is 4.90 Å². The number of hydrogen-bond acceptors (Lipinski definition) is 3. The highest BCUT2D eigenvalue weighted by atomic mass is 16.6. The molecule has 1 aliphatic rings. The Bertz CT molecular complexity index is 979. The molecule has 27 heavy (non-hydrogen) atoms. The van der Waals surface area contributed by atoms with Crippen LogP contribution < -0.4 is 5.32 Å². The topological polar surface area (TPSA) is 74.4 Å². The molecular formula is C21H21N3O3. The summed E-state index contributed by atoms with van der Waals surface area (Å²) in [6.45, 7) is 1.51. The van der Waals surface area contributed by atoms with E-state index in [0.717, 1.165) is 27.7 Å². The maximum atomic E-state index is 12.3. The maximum absolute atomic E-state index is 12.3. The molecule has 2 aromatic carbocycles. The molecule has 1 aromatic heterocycles. The summed E-state index contributed by atoms with van der Waals surface area (Å²) < 4.78 is 4.95. The molecule has 0 radical (unpaired) electrons. The number of rotatable bonds is 6. The summed E-state index contributed by atoms with van der Waals surface area (Å²) in [7, 11) is 0. The molecule has 6 nitrogen and oxygen atoms in total. The molecule has 6 heteroatoms. The maximum Gasteiger partial charge on any atom is 0.410 e. The van der Waals surface area contributed by atoms with E-state index in [4.69, 9.17) is 4.74 Å². The number of nitrogens with one attached hydrogen (secondary N) is 2. The predicted octanol–water partition coefficient (Wildman–Crippen LogP) is 3.69. The summed E-state index contributed by atoms with van der Waals surface area (Å²) in [5, 5.41) is 4.10. The molecule has 138 valence electrons. The van der Waals surface area contributed by atoms with E-state index in [-0.39, 0.29) is 12.0 Å². The quantitative estimate of drug-likeness (QED) is 0.701. The minimum absolute atomic E-state index is 0.0296. The van der Waals surface area contributed by atoms with Crippen molar-refractivity contribution in [2.24, 2.45) is 0 Å². The zero-order chi connectivity index (χ0) is 18.6. The van der Waals surface area contributed by atoms with Gasteiger partial charge in [0.05, 0.1) is 6.54 Å². The van der Waals surface area contributed by atoms with Crippen LogP contribution in [-0.2, 0) is 22.5 Å². The van der Waals surface area contributed by atoms with E-state index in [9.17, 15) is 9.59 Å². The van der Waals surface area contributed by atoms with Gasteiger partial charge in [0.25, 0.3) is 0 Å². The first-order valence-corrected chi connectivity index (χ1v) is 9.04. The Morgan fingerprint density at radius 2 is 2.07 bits per heavy atom. The standard InChI is InChI=1S/C21H21N3O3/c25-20(9-8-16-13-22-19-7-2-1-6-18(16)19)23-17-5-3-4-15(12-17)14-24-10-11-27-21(24)26/h1-7,12-13,22H,8-11,14H2,(H,23,25). The lowest BCUT2D eigenvalue weighted by molar-refractivity contribution is -0.116. The van der Waals surface area contributed by atoms with E-state index < -0.39 is 0 Å². The third-order valence-electron chi connectivity index (χ3n) is 4.73. The van der Waals surface area contributed by atoms with Crippen molar-refractivity contribution in [3.8, 4) is 0 Å². The summed E-state index contributed by atoms with van der Waals surface area (Å²) in [6, 6.07) is 15.7. The van der Waals surface area contributed by atoms with Gasteiger partial charge in [0.2, 0.25) is 5.91 Å². The normalized spacial score (nSPS) is 13.8. The van der Waals surface area contributed by atoms with Gasteiger partial charge >= 0.3 is 6.09 Å². The Morgan fingerprint density at radius 1 is 1.19 bits per heavy atom. The first-order chi connectivity index (χ1) is 13.2. The number of benzene rings is 2. The van der Waals surface area contributed by atoms with Crippen molar-refractivity contribution in [2.75, 3.05) is 18.5 Å². The lowest BCUT2D eigenvalue weighted by Gasteiger charge is -2.13. The van der Waals surface area contributed by atoms with Crippen LogP contribution in [0.5, 0.6) is 0 Å². The van der Waals surface area contributed by atoms with Crippen molar-refractivity contribution in [3.05, 3.63) is 65.9 Å². The molecule has 0 saturated carbocycles. The number of carbonyl (C=O) groups is 2. The van der Waals surface area contributed by atoms with Gasteiger partial charge in [0, 0.05) is 35.8 Å². The van der Waals surface area contributed by atoms with Crippen LogP contribution in [0.25, 0.3) is 10.9 Å². The Kier molecular flexibility index (Phi) is 4.78. The number of aromatic nitrogens is 1. The van der Waals surface area contributed by atoms with Crippen LogP contribution in [0.3, 0.4) is 0 Å². The van der Waals surface area contributed by atoms with Crippen molar-refractivity contribution in [1.29, 1.82) is 0 Å². The Hall–Kier alpha value is -3.28. The second-order valence-electron chi connectivity index (χ2n) is 6.64. The van der Waals surface area contributed by atoms with Gasteiger partial charge in [-0.3, -0.25) is 4.79 Å². The third kappa shape index (κ3) is 3.95. The van der Waals surface area contributed by atoms with Crippen molar-refractivity contribution >= 4 is 28.6 Å². The SMILES string of the molecule is O=C(CCc1c[nH]c2ccccc12)Nc1cccc(CN2CCOC2=O)c1. The number of fused-ring (bicyclic) bond motifs is 1. The molecule has 0 aliphatic carbocycles.